The summed E-state index contributed by atoms with van der Waals surface area (Å²) in [6.45, 7) is 1.08. The molecule has 3 rings (SSSR count). The molecule has 0 saturated carbocycles. The molecule has 5 heteroatoms. The van der Waals surface area contributed by atoms with Crippen molar-refractivity contribution < 1.29 is 0 Å². The van der Waals surface area contributed by atoms with Crippen LogP contribution in [0.3, 0.4) is 0 Å². The van der Waals surface area contributed by atoms with Gasteiger partial charge in [0, 0.05) is 6.20 Å². The lowest BCUT2D eigenvalue weighted by Gasteiger charge is -2.06. The highest BCUT2D eigenvalue weighted by molar-refractivity contribution is 9.10. The highest BCUT2D eigenvalue weighted by Crippen LogP contribution is 2.28. The minimum atomic E-state index is 0.376. The van der Waals surface area contributed by atoms with E-state index in [4.69, 9.17) is 0 Å². The molecule has 1 aliphatic heterocycles. The van der Waals surface area contributed by atoms with E-state index in [0.717, 1.165) is 28.9 Å². The molecule has 0 aromatic carbocycles. The van der Waals surface area contributed by atoms with Crippen LogP contribution in [0.25, 0.3) is 5.65 Å². The Kier molecular flexibility index (Phi) is 2.21. The average Bonchev–Trinajstić information content (AvgIpc) is 2.87. The van der Waals surface area contributed by atoms with Crippen molar-refractivity contribution in [2.75, 3.05) is 6.54 Å². The summed E-state index contributed by atoms with van der Waals surface area (Å²) in [6, 6.07) is 4.25. The van der Waals surface area contributed by atoms with Crippen LogP contribution in [0, 0.1) is 0 Å². The zero-order valence-electron chi connectivity index (χ0n) is 8.15. The number of hydrogen-bond acceptors (Lipinski definition) is 3. The van der Waals surface area contributed by atoms with Crippen molar-refractivity contribution in [3.63, 3.8) is 0 Å². The number of hydrogen-bond donors (Lipinski definition) is 1. The number of imidazole rings is 1. The minimum absolute atomic E-state index is 0.376. The molecule has 15 heavy (non-hydrogen) atoms. The van der Waals surface area contributed by atoms with Crippen LogP contribution in [-0.4, -0.2) is 21.1 Å². The van der Waals surface area contributed by atoms with Gasteiger partial charge in [-0.15, -0.1) is 0 Å². The molecule has 0 bridgehead atoms. The highest BCUT2D eigenvalue weighted by atomic mass is 79.9. The van der Waals surface area contributed by atoms with Gasteiger partial charge in [0.2, 0.25) is 0 Å². The number of fused-ring (bicyclic) bond motifs is 1. The van der Waals surface area contributed by atoms with Crippen LogP contribution in [0.1, 0.15) is 24.6 Å². The first-order valence-electron chi connectivity index (χ1n) is 5.09. The van der Waals surface area contributed by atoms with Gasteiger partial charge >= 0.3 is 0 Å². The second-order valence-corrected chi connectivity index (χ2v) is 4.48. The molecule has 0 radical (unpaired) electrons. The fourth-order valence-electron chi connectivity index (χ4n) is 2.02. The van der Waals surface area contributed by atoms with E-state index in [9.17, 15) is 0 Å². The first kappa shape index (κ1) is 9.30. The monoisotopic (exact) mass is 266 g/mol. The van der Waals surface area contributed by atoms with Gasteiger partial charge in [0.15, 0.2) is 5.65 Å². The second-order valence-electron chi connectivity index (χ2n) is 3.73. The molecular formula is C10H11BrN4. The topological polar surface area (TPSA) is 42.2 Å². The van der Waals surface area contributed by atoms with E-state index in [1.165, 1.54) is 6.42 Å². The van der Waals surface area contributed by atoms with Crippen LogP contribution >= 0.6 is 15.9 Å². The van der Waals surface area contributed by atoms with E-state index in [1.54, 1.807) is 6.20 Å². The Hall–Kier alpha value is -0.940. The Bertz CT molecular complexity index is 487. The molecule has 1 aliphatic rings. The molecule has 3 heterocycles. The van der Waals surface area contributed by atoms with Crippen molar-refractivity contribution in [2.24, 2.45) is 0 Å². The third-order valence-corrected chi connectivity index (χ3v) is 3.50. The van der Waals surface area contributed by atoms with Crippen LogP contribution in [0.4, 0.5) is 0 Å². The first-order valence-corrected chi connectivity index (χ1v) is 5.88. The molecule has 0 spiro atoms. The zero-order valence-corrected chi connectivity index (χ0v) is 9.74. The molecule has 2 aromatic heterocycles. The van der Waals surface area contributed by atoms with E-state index < -0.39 is 0 Å². The second kappa shape index (κ2) is 3.57. The van der Waals surface area contributed by atoms with Crippen molar-refractivity contribution in [3.05, 3.63) is 28.6 Å². The summed E-state index contributed by atoms with van der Waals surface area (Å²) in [6.07, 6.45) is 4.15. The number of aromatic nitrogens is 3. The Labute approximate surface area is 95.8 Å². The molecule has 1 fully saturated rings. The third-order valence-electron chi connectivity index (χ3n) is 2.75. The molecule has 0 aliphatic carbocycles. The van der Waals surface area contributed by atoms with Gasteiger partial charge in [-0.2, -0.15) is 5.10 Å². The Morgan fingerprint density at radius 2 is 2.47 bits per heavy atom. The number of nitrogens with zero attached hydrogens (tertiary/aromatic N) is 3. The average molecular weight is 267 g/mol. The Balaban J connectivity index is 2.14. The summed E-state index contributed by atoms with van der Waals surface area (Å²) in [5.41, 5.74) is 1.97. The summed E-state index contributed by atoms with van der Waals surface area (Å²) < 4.78 is 2.80. The lowest BCUT2D eigenvalue weighted by Crippen LogP contribution is -2.13. The van der Waals surface area contributed by atoms with Crippen molar-refractivity contribution in [3.8, 4) is 0 Å². The summed E-state index contributed by atoms with van der Waals surface area (Å²) in [4.78, 5) is 4.59. The van der Waals surface area contributed by atoms with Gasteiger partial charge in [0.05, 0.1) is 11.7 Å². The van der Waals surface area contributed by atoms with Crippen LogP contribution in [0.15, 0.2) is 22.9 Å². The molecule has 1 unspecified atom stereocenters. The van der Waals surface area contributed by atoms with Gasteiger partial charge < -0.3 is 5.32 Å². The molecule has 1 atom stereocenters. The molecular weight excluding hydrogens is 256 g/mol. The van der Waals surface area contributed by atoms with Crippen LogP contribution in [-0.2, 0) is 0 Å². The fraction of sp³-hybridized carbons (Fsp3) is 0.400. The molecule has 1 saturated heterocycles. The van der Waals surface area contributed by atoms with Crippen LogP contribution in [0.5, 0.6) is 0 Å². The van der Waals surface area contributed by atoms with E-state index in [1.807, 2.05) is 16.6 Å². The summed E-state index contributed by atoms with van der Waals surface area (Å²) in [5.74, 6) is 0. The van der Waals surface area contributed by atoms with E-state index in [2.05, 4.69) is 31.3 Å². The minimum Gasteiger partial charge on any atom is -0.309 e. The predicted octanol–water partition coefficient (Wildman–Crippen LogP) is 1.92. The predicted molar refractivity (Wildman–Crippen MR) is 60.7 cm³/mol. The summed E-state index contributed by atoms with van der Waals surface area (Å²) in [5, 5.41) is 7.69. The van der Waals surface area contributed by atoms with Gasteiger partial charge in [-0.05, 0) is 47.4 Å². The van der Waals surface area contributed by atoms with Gasteiger partial charge in [-0.1, -0.05) is 0 Å². The van der Waals surface area contributed by atoms with Crippen molar-refractivity contribution in [2.45, 2.75) is 18.9 Å². The van der Waals surface area contributed by atoms with Gasteiger partial charge in [-0.25, -0.2) is 9.50 Å². The summed E-state index contributed by atoms with van der Waals surface area (Å²) >= 11 is 3.56. The maximum atomic E-state index is 4.59. The standard InChI is InChI=1S/C10H11BrN4/c11-10-9(7-3-1-5-12-7)14-8-4-2-6-13-15(8)10/h2,4,6-7,12H,1,3,5H2. The molecule has 2 aromatic rings. The van der Waals surface area contributed by atoms with Crippen molar-refractivity contribution in [1.29, 1.82) is 0 Å². The Morgan fingerprint density at radius 3 is 3.20 bits per heavy atom. The normalized spacial score (nSPS) is 21.3. The SMILES string of the molecule is Brc1c(C2CCCN2)nc2cccnn12. The summed E-state index contributed by atoms with van der Waals surface area (Å²) in [7, 11) is 0. The highest BCUT2D eigenvalue weighted by Gasteiger charge is 2.22. The van der Waals surface area contributed by atoms with Crippen LogP contribution in [0.2, 0.25) is 0 Å². The van der Waals surface area contributed by atoms with Gasteiger partial charge in [0.25, 0.3) is 0 Å². The smallest absolute Gasteiger partial charge is 0.155 e. The number of nitrogens with one attached hydrogen (secondary N) is 1. The van der Waals surface area contributed by atoms with E-state index in [0.29, 0.717) is 6.04 Å². The third kappa shape index (κ3) is 1.46. The van der Waals surface area contributed by atoms with Crippen molar-refractivity contribution >= 4 is 21.6 Å². The first-order chi connectivity index (χ1) is 7.36. The lowest BCUT2D eigenvalue weighted by atomic mass is 10.2. The fourth-order valence-corrected chi connectivity index (χ4v) is 2.66. The maximum absolute atomic E-state index is 4.59. The van der Waals surface area contributed by atoms with Crippen LogP contribution < -0.4 is 5.32 Å². The quantitative estimate of drug-likeness (QED) is 0.858. The Morgan fingerprint density at radius 1 is 1.53 bits per heavy atom. The van der Waals surface area contributed by atoms with Gasteiger partial charge in [0.1, 0.15) is 4.60 Å². The molecule has 4 nitrogen and oxygen atoms in total. The molecule has 78 valence electrons. The van der Waals surface area contributed by atoms with Crippen molar-refractivity contribution in [1.82, 2.24) is 19.9 Å². The van der Waals surface area contributed by atoms with E-state index in [-0.39, 0.29) is 0 Å². The maximum Gasteiger partial charge on any atom is 0.155 e. The largest absolute Gasteiger partial charge is 0.309 e. The van der Waals surface area contributed by atoms with Gasteiger partial charge in [-0.3, -0.25) is 0 Å². The zero-order chi connectivity index (χ0) is 10.3. The van der Waals surface area contributed by atoms with E-state index >= 15 is 0 Å². The number of halogens is 1. The molecule has 1 N–H and O–H groups in total. The number of rotatable bonds is 1. The lowest BCUT2D eigenvalue weighted by molar-refractivity contribution is 0.627. The molecule has 0 amide bonds.